The van der Waals surface area contributed by atoms with E-state index in [-0.39, 0.29) is 18.6 Å². The number of hydrogen-bond donors (Lipinski definition) is 2. The van der Waals surface area contributed by atoms with Crippen molar-refractivity contribution in [2.75, 3.05) is 6.61 Å². The van der Waals surface area contributed by atoms with Crippen LogP contribution in [0.4, 0.5) is 0 Å². The molecule has 0 aromatic carbocycles. The van der Waals surface area contributed by atoms with Crippen LogP contribution in [0.25, 0.3) is 0 Å². The second-order valence-corrected chi connectivity index (χ2v) is 4.59. The number of ether oxygens (including phenoxy) is 1. The maximum atomic E-state index is 11.6. The van der Waals surface area contributed by atoms with E-state index in [1.165, 1.54) is 0 Å². The Morgan fingerprint density at radius 1 is 1.61 bits per heavy atom. The Balaban J connectivity index is 1.74. The molecule has 1 aromatic rings. The first-order chi connectivity index (χ1) is 8.65. The van der Waals surface area contributed by atoms with Gasteiger partial charge in [-0.15, -0.1) is 0 Å². The number of nitrogens with zero attached hydrogens (tertiary/aromatic N) is 1. The Labute approximate surface area is 105 Å². The molecule has 1 amide bonds. The molecular formula is C12H18N2O4. The number of aromatic nitrogens is 1. The summed E-state index contributed by atoms with van der Waals surface area (Å²) in [6.45, 7) is 1.63. The van der Waals surface area contributed by atoms with Crippen molar-refractivity contribution in [2.24, 2.45) is 0 Å². The third-order valence-corrected chi connectivity index (χ3v) is 3.03. The number of aliphatic hydroxyl groups is 1. The van der Waals surface area contributed by atoms with E-state index in [1.54, 1.807) is 13.0 Å². The number of rotatable bonds is 4. The summed E-state index contributed by atoms with van der Waals surface area (Å²) >= 11 is 0. The Hall–Kier alpha value is -1.56. The molecule has 2 unspecified atom stereocenters. The maximum absolute atomic E-state index is 11.6. The first kappa shape index (κ1) is 12.9. The molecule has 1 aliphatic carbocycles. The summed E-state index contributed by atoms with van der Waals surface area (Å²) < 4.78 is 9.98. The number of hydrogen-bond acceptors (Lipinski definition) is 5. The van der Waals surface area contributed by atoms with Crippen molar-refractivity contribution in [1.82, 2.24) is 10.5 Å². The van der Waals surface area contributed by atoms with E-state index in [0.717, 1.165) is 25.7 Å². The normalized spacial score (nSPS) is 23.7. The van der Waals surface area contributed by atoms with Gasteiger partial charge in [-0.1, -0.05) is 12.8 Å². The van der Waals surface area contributed by atoms with Gasteiger partial charge in [0.05, 0.1) is 12.1 Å². The molecule has 1 aliphatic rings. The number of nitrogens with one attached hydrogen (secondary N) is 1. The molecule has 6 nitrogen and oxygen atoms in total. The maximum Gasteiger partial charge on any atom is 0.258 e. The van der Waals surface area contributed by atoms with Crippen LogP contribution >= 0.6 is 0 Å². The summed E-state index contributed by atoms with van der Waals surface area (Å²) in [7, 11) is 0. The van der Waals surface area contributed by atoms with Crippen LogP contribution in [-0.2, 0) is 4.79 Å². The van der Waals surface area contributed by atoms with Gasteiger partial charge in [0.1, 0.15) is 5.76 Å². The van der Waals surface area contributed by atoms with Crippen molar-refractivity contribution in [3.63, 3.8) is 0 Å². The van der Waals surface area contributed by atoms with E-state index >= 15 is 0 Å². The highest BCUT2D eigenvalue weighted by Gasteiger charge is 2.24. The minimum atomic E-state index is -0.447. The SMILES string of the molecule is Cc1cc(OCC(=O)NC2CCCCC2O)no1. The van der Waals surface area contributed by atoms with Crippen molar-refractivity contribution in [3.05, 3.63) is 11.8 Å². The minimum absolute atomic E-state index is 0.116. The summed E-state index contributed by atoms with van der Waals surface area (Å²) in [5, 5.41) is 16.1. The summed E-state index contributed by atoms with van der Waals surface area (Å²) in [5.41, 5.74) is 0. The number of carbonyl (C=O) groups is 1. The average Bonchev–Trinajstić information content (AvgIpc) is 2.76. The summed E-state index contributed by atoms with van der Waals surface area (Å²) in [4.78, 5) is 11.6. The van der Waals surface area contributed by atoms with Gasteiger partial charge in [0.25, 0.3) is 11.8 Å². The van der Waals surface area contributed by atoms with Gasteiger partial charge in [-0.3, -0.25) is 4.79 Å². The lowest BCUT2D eigenvalue weighted by Crippen LogP contribution is -2.46. The average molecular weight is 254 g/mol. The van der Waals surface area contributed by atoms with Crippen LogP contribution in [0.3, 0.4) is 0 Å². The molecule has 0 saturated heterocycles. The molecule has 2 rings (SSSR count). The number of amides is 1. The van der Waals surface area contributed by atoms with Crippen LogP contribution in [0.15, 0.2) is 10.6 Å². The minimum Gasteiger partial charge on any atom is -0.465 e. The fraction of sp³-hybridized carbons (Fsp3) is 0.667. The highest BCUT2D eigenvalue weighted by Crippen LogP contribution is 2.18. The van der Waals surface area contributed by atoms with Crippen LogP contribution < -0.4 is 10.1 Å². The smallest absolute Gasteiger partial charge is 0.258 e. The van der Waals surface area contributed by atoms with Crippen LogP contribution in [-0.4, -0.2) is 34.9 Å². The largest absolute Gasteiger partial charge is 0.465 e. The predicted molar refractivity (Wildman–Crippen MR) is 63.1 cm³/mol. The molecule has 0 bridgehead atoms. The molecular weight excluding hydrogens is 236 g/mol. The van der Waals surface area contributed by atoms with Crippen molar-refractivity contribution in [3.8, 4) is 5.88 Å². The van der Waals surface area contributed by atoms with Crippen molar-refractivity contribution in [1.29, 1.82) is 0 Å². The monoisotopic (exact) mass is 254 g/mol. The molecule has 100 valence electrons. The van der Waals surface area contributed by atoms with E-state index in [1.807, 2.05) is 0 Å². The second-order valence-electron chi connectivity index (χ2n) is 4.59. The molecule has 18 heavy (non-hydrogen) atoms. The van der Waals surface area contributed by atoms with Crippen LogP contribution in [0.2, 0.25) is 0 Å². The summed E-state index contributed by atoms with van der Waals surface area (Å²) in [6, 6.07) is 1.46. The van der Waals surface area contributed by atoms with Crippen molar-refractivity contribution >= 4 is 5.91 Å². The fourth-order valence-electron chi connectivity index (χ4n) is 2.08. The van der Waals surface area contributed by atoms with E-state index in [2.05, 4.69) is 10.5 Å². The first-order valence-electron chi connectivity index (χ1n) is 6.18. The fourth-order valence-corrected chi connectivity index (χ4v) is 2.08. The molecule has 0 aliphatic heterocycles. The molecule has 2 atom stereocenters. The third kappa shape index (κ3) is 3.46. The van der Waals surface area contributed by atoms with Gasteiger partial charge in [-0.05, 0) is 24.9 Å². The third-order valence-electron chi connectivity index (χ3n) is 3.03. The number of carbonyl (C=O) groups excluding carboxylic acids is 1. The van der Waals surface area contributed by atoms with Crippen LogP contribution in [0, 0.1) is 6.92 Å². The highest BCUT2D eigenvalue weighted by atomic mass is 16.5. The van der Waals surface area contributed by atoms with E-state index in [0.29, 0.717) is 11.6 Å². The summed E-state index contributed by atoms with van der Waals surface area (Å²) in [5.74, 6) is 0.682. The first-order valence-corrected chi connectivity index (χ1v) is 6.18. The molecule has 0 radical (unpaired) electrons. The Kier molecular flexibility index (Phi) is 4.19. The van der Waals surface area contributed by atoms with Gasteiger partial charge in [0.2, 0.25) is 0 Å². The molecule has 1 saturated carbocycles. The van der Waals surface area contributed by atoms with Crippen molar-refractivity contribution < 1.29 is 19.2 Å². The lowest BCUT2D eigenvalue weighted by Gasteiger charge is -2.28. The summed E-state index contributed by atoms with van der Waals surface area (Å²) in [6.07, 6.45) is 3.16. The molecule has 1 heterocycles. The van der Waals surface area contributed by atoms with Gasteiger partial charge in [-0.2, -0.15) is 0 Å². The van der Waals surface area contributed by atoms with Crippen molar-refractivity contribution in [2.45, 2.75) is 44.8 Å². The standard InChI is InChI=1S/C12H18N2O4/c1-8-6-12(14-18-8)17-7-11(16)13-9-4-2-3-5-10(9)15/h6,9-10,15H,2-5,7H2,1H3,(H,13,16). The molecule has 6 heteroatoms. The zero-order chi connectivity index (χ0) is 13.0. The number of aliphatic hydroxyl groups excluding tert-OH is 1. The van der Waals surface area contributed by atoms with Gasteiger partial charge < -0.3 is 19.7 Å². The Morgan fingerprint density at radius 2 is 2.39 bits per heavy atom. The highest BCUT2D eigenvalue weighted by molar-refractivity contribution is 5.77. The zero-order valence-electron chi connectivity index (χ0n) is 10.4. The van der Waals surface area contributed by atoms with Crippen LogP contribution in [0.1, 0.15) is 31.4 Å². The Bertz CT molecular complexity index is 405. The van der Waals surface area contributed by atoms with Gasteiger partial charge in [-0.25, -0.2) is 0 Å². The van der Waals surface area contributed by atoms with Gasteiger partial charge >= 0.3 is 0 Å². The number of aryl methyl sites for hydroxylation is 1. The lowest BCUT2D eigenvalue weighted by molar-refractivity contribution is -0.125. The quantitative estimate of drug-likeness (QED) is 0.829. The molecule has 2 N–H and O–H groups in total. The van der Waals surface area contributed by atoms with E-state index in [9.17, 15) is 9.90 Å². The topological polar surface area (TPSA) is 84.6 Å². The predicted octanol–water partition coefficient (Wildman–Crippen LogP) is 0.782. The van der Waals surface area contributed by atoms with E-state index in [4.69, 9.17) is 9.26 Å². The second kappa shape index (κ2) is 5.86. The lowest BCUT2D eigenvalue weighted by atomic mass is 9.92. The molecule has 1 aromatic heterocycles. The van der Waals surface area contributed by atoms with Crippen LogP contribution in [0.5, 0.6) is 5.88 Å². The zero-order valence-corrected chi connectivity index (χ0v) is 10.4. The van der Waals surface area contributed by atoms with E-state index < -0.39 is 6.10 Å². The molecule has 1 fully saturated rings. The van der Waals surface area contributed by atoms with Gasteiger partial charge in [0.15, 0.2) is 6.61 Å². The molecule has 0 spiro atoms. The van der Waals surface area contributed by atoms with Gasteiger partial charge in [0, 0.05) is 6.07 Å². The Morgan fingerprint density at radius 3 is 3.06 bits per heavy atom.